The fourth-order valence-electron chi connectivity index (χ4n) is 2.64. The summed E-state index contributed by atoms with van der Waals surface area (Å²) in [6.45, 7) is 0. The molecule has 104 valence electrons. The van der Waals surface area contributed by atoms with Gasteiger partial charge in [0, 0.05) is 6.04 Å². The molecular formula is C14H15N3O3. The van der Waals surface area contributed by atoms with Crippen LogP contribution >= 0.6 is 0 Å². The summed E-state index contributed by atoms with van der Waals surface area (Å²) in [6, 6.07) is 8.19. The van der Waals surface area contributed by atoms with E-state index in [1.807, 2.05) is 12.1 Å². The van der Waals surface area contributed by atoms with Crippen molar-refractivity contribution in [3.63, 3.8) is 0 Å². The highest BCUT2D eigenvalue weighted by Crippen LogP contribution is 2.21. The molecule has 0 bridgehead atoms. The molecule has 0 atom stereocenters. The number of amides is 1. The van der Waals surface area contributed by atoms with Gasteiger partial charge in [0.2, 0.25) is 11.8 Å². The molecule has 1 heterocycles. The molecule has 4 N–H and O–H groups in total. The Bertz CT molecular complexity index is 677. The van der Waals surface area contributed by atoms with Crippen LogP contribution in [-0.2, 0) is 24.1 Å². The fourth-order valence-corrected chi connectivity index (χ4v) is 2.64. The highest BCUT2D eigenvalue weighted by molar-refractivity contribution is 5.79. The number of rotatable bonds is 3. The molecule has 20 heavy (non-hydrogen) atoms. The lowest BCUT2D eigenvalue weighted by molar-refractivity contribution is -0.121. The summed E-state index contributed by atoms with van der Waals surface area (Å²) >= 11 is 0. The monoisotopic (exact) mass is 273 g/mol. The first-order valence-electron chi connectivity index (χ1n) is 6.48. The van der Waals surface area contributed by atoms with E-state index in [1.54, 1.807) is 0 Å². The average Bonchev–Trinajstić information content (AvgIpc) is 2.92. The van der Waals surface area contributed by atoms with Gasteiger partial charge in [-0.15, -0.1) is 0 Å². The Morgan fingerprint density at radius 1 is 1.25 bits per heavy atom. The normalized spacial score (nSPS) is 14.2. The van der Waals surface area contributed by atoms with E-state index in [1.165, 1.54) is 11.1 Å². The Morgan fingerprint density at radius 2 is 1.90 bits per heavy atom. The molecule has 6 heteroatoms. The minimum Gasteiger partial charge on any atom is -0.493 e. The van der Waals surface area contributed by atoms with Gasteiger partial charge >= 0.3 is 5.69 Å². The molecule has 0 saturated heterocycles. The van der Waals surface area contributed by atoms with Crippen molar-refractivity contribution in [1.82, 2.24) is 15.3 Å². The minimum absolute atomic E-state index is 0.0442. The van der Waals surface area contributed by atoms with Crippen molar-refractivity contribution in [2.75, 3.05) is 0 Å². The number of H-pyrrole nitrogens is 2. The third-order valence-corrected chi connectivity index (χ3v) is 3.54. The van der Waals surface area contributed by atoms with Crippen LogP contribution in [0.1, 0.15) is 16.8 Å². The molecule has 2 aromatic rings. The Balaban J connectivity index is 1.61. The van der Waals surface area contributed by atoms with Gasteiger partial charge in [0.25, 0.3) is 0 Å². The van der Waals surface area contributed by atoms with Crippen molar-refractivity contribution in [2.24, 2.45) is 0 Å². The van der Waals surface area contributed by atoms with Crippen LogP contribution in [0.25, 0.3) is 0 Å². The highest BCUT2D eigenvalue weighted by Gasteiger charge is 2.23. The summed E-state index contributed by atoms with van der Waals surface area (Å²) < 4.78 is 0. The van der Waals surface area contributed by atoms with Gasteiger partial charge < -0.3 is 15.4 Å². The van der Waals surface area contributed by atoms with Gasteiger partial charge in [0.1, 0.15) is 0 Å². The number of benzene rings is 1. The molecule has 0 aliphatic heterocycles. The number of hydrogen-bond donors (Lipinski definition) is 4. The second-order valence-electron chi connectivity index (χ2n) is 5.02. The zero-order chi connectivity index (χ0) is 14.1. The summed E-state index contributed by atoms with van der Waals surface area (Å²) in [7, 11) is 0. The summed E-state index contributed by atoms with van der Waals surface area (Å²) in [5.74, 6) is -0.492. The average molecular weight is 273 g/mol. The van der Waals surface area contributed by atoms with E-state index in [9.17, 15) is 14.7 Å². The molecular weight excluding hydrogens is 258 g/mol. The largest absolute Gasteiger partial charge is 0.493 e. The van der Waals surface area contributed by atoms with Gasteiger partial charge in [-0.2, -0.15) is 0 Å². The standard InChI is InChI=1S/C14H15N3O3/c18-12(7-11-13(19)17-14(20)16-11)15-10-5-8-3-1-2-4-9(8)6-10/h1-4,10,19H,5-7H2,(H,15,18)(H2,16,17,20). The predicted molar refractivity (Wildman–Crippen MR) is 72.6 cm³/mol. The van der Waals surface area contributed by atoms with Crippen LogP contribution in [0.2, 0.25) is 0 Å². The van der Waals surface area contributed by atoms with Crippen molar-refractivity contribution in [3.8, 4) is 5.88 Å². The van der Waals surface area contributed by atoms with E-state index in [2.05, 4.69) is 27.4 Å². The van der Waals surface area contributed by atoms with Crippen LogP contribution in [0.4, 0.5) is 0 Å². The molecule has 0 radical (unpaired) electrons. The van der Waals surface area contributed by atoms with E-state index in [-0.39, 0.29) is 29.9 Å². The molecule has 1 aromatic carbocycles. The highest BCUT2D eigenvalue weighted by atomic mass is 16.3. The Morgan fingerprint density at radius 3 is 2.45 bits per heavy atom. The smallest absolute Gasteiger partial charge is 0.325 e. The van der Waals surface area contributed by atoms with Gasteiger partial charge in [0.05, 0.1) is 12.1 Å². The molecule has 1 aromatic heterocycles. The van der Waals surface area contributed by atoms with E-state index in [0.717, 1.165) is 12.8 Å². The third-order valence-electron chi connectivity index (χ3n) is 3.54. The van der Waals surface area contributed by atoms with Crippen molar-refractivity contribution in [2.45, 2.75) is 25.3 Å². The summed E-state index contributed by atoms with van der Waals surface area (Å²) in [5.41, 5.74) is 2.22. The molecule has 0 unspecified atom stereocenters. The van der Waals surface area contributed by atoms with E-state index < -0.39 is 5.69 Å². The SMILES string of the molecule is O=C(Cc1[nH]c(=O)[nH]c1O)NC1Cc2ccccc2C1. The zero-order valence-electron chi connectivity index (χ0n) is 10.8. The van der Waals surface area contributed by atoms with Crippen LogP contribution in [0.3, 0.4) is 0 Å². The predicted octanol–water partition coefficient (Wildman–Crippen LogP) is 0.235. The number of carbonyl (C=O) groups excluding carboxylic acids is 1. The Labute approximate surface area is 114 Å². The lowest BCUT2D eigenvalue weighted by Gasteiger charge is -2.11. The molecule has 3 rings (SSSR count). The maximum Gasteiger partial charge on any atom is 0.325 e. The molecule has 0 fully saturated rings. The molecule has 6 nitrogen and oxygen atoms in total. The van der Waals surface area contributed by atoms with E-state index in [0.29, 0.717) is 0 Å². The minimum atomic E-state index is -0.515. The maximum absolute atomic E-state index is 11.9. The number of fused-ring (bicyclic) bond motifs is 1. The second kappa shape index (κ2) is 4.88. The van der Waals surface area contributed by atoms with Gasteiger partial charge in [-0.25, -0.2) is 4.79 Å². The summed E-state index contributed by atoms with van der Waals surface area (Å²) in [6.07, 6.45) is 1.59. The molecule has 1 aliphatic rings. The van der Waals surface area contributed by atoms with Crippen LogP contribution in [-0.4, -0.2) is 27.0 Å². The maximum atomic E-state index is 11.9. The van der Waals surface area contributed by atoms with Gasteiger partial charge in [-0.05, 0) is 24.0 Å². The van der Waals surface area contributed by atoms with Gasteiger partial charge in [-0.1, -0.05) is 24.3 Å². The topological polar surface area (TPSA) is 98.0 Å². The van der Waals surface area contributed by atoms with Crippen LogP contribution in [0, 0.1) is 0 Å². The van der Waals surface area contributed by atoms with Crippen LogP contribution < -0.4 is 11.0 Å². The van der Waals surface area contributed by atoms with Crippen molar-refractivity contribution in [1.29, 1.82) is 0 Å². The van der Waals surface area contributed by atoms with Crippen LogP contribution in [0.5, 0.6) is 5.88 Å². The number of carbonyl (C=O) groups is 1. The number of nitrogens with one attached hydrogen (secondary N) is 3. The van der Waals surface area contributed by atoms with Crippen molar-refractivity contribution >= 4 is 5.91 Å². The quantitative estimate of drug-likeness (QED) is 0.644. The van der Waals surface area contributed by atoms with Gasteiger partial charge in [0.15, 0.2) is 0 Å². The third kappa shape index (κ3) is 2.45. The first-order chi connectivity index (χ1) is 9.61. The summed E-state index contributed by atoms with van der Waals surface area (Å²) in [5, 5.41) is 12.3. The molecule has 1 aliphatic carbocycles. The second-order valence-corrected chi connectivity index (χ2v) is 5.02. The number of aromatic amines is 2. The van der Waals surface area contributed by atoms with E-state index in [4.69, 9.17) is 0 Å². The molecule has 1 amide bonds. The zero-order valence-corrected chi connectivity index (χ0v) is 10.8. The van der Waals surface area contributed by atoms with E-state index >= 15 is 0 Å². The van der Waals surface area contributed by atoms with Crippen LogP contribution in [0.15, 0.2) is 29.1 Å². The molecule has 0 spiro atoms. The fraction of sp³-hybridized carbons (Fsp3) is 0.286. The Hall–Kier alpha value is -2.50. The first kappa shape index (κ1) is 12.5. The van der Waals surface area contributed by atoms with Crippen molar-refractivity contribution < 1.29 is 9.90 Å². The summed E-state index contributed by atoms with van der Waals surface area (Å²) in [4.78, 5) is 27.5. The Kier molecular flexibility index (Phi) is 3.06. The number of aromatic nitrogens is 2. The number of imidazole rings is 1. The van der Waals surface area contributed by atoms with Gasteiger partial charge in [-0.3, -0.25) is 9.78 Å². The van der Waals surface area contributed by atoms with Crippen molar-refractivity contribution in [3.05, 3.63) is 51.6 Å². The lowest BCUT2D eigenvalue weighted by atomic mass is 10.1. The number of aromatic hydroxyl groups is 1. The first-order valence-corrected chi connectivity index (χ1v) is 6.48. The number of hydrogen-bond acceptors (Lipinski definition) is 3. The lowest BCUT2D eigenvalue weighted by Crippen LogP contribution is -2.36. The molecule has 0 saturated carbocycles.